The first-order valence-corrected chi connectivity index (χ1v) is 8.29. The number of anilines is 1. The summed E-state index contributed by atoms with van der Waals surface area (Å²) in [4.78, 5) is 5.05. The van der Waals surface area contributed by atoms with Crippen molar-refractivity contribution < 1.29 is 0 Å². The van der Waals surface area contributed by atoms with E-state index < -0.39 is 0 Å². The van der Waals surface area contributed by atoms with Gasteiger partial charge in [-0.1, -0.05) is 32.9 Å². The number of hydrogen-bond acceptors (Lipinski definition) is 3. The maximum Gasteiger partial charge on any atom is 0.0397 e. The van der Waals surface area contributed by atoms with Gasteiger partial charge in [-0.3, -0.25) is 4.90 Å². The second kappa shape index (κ2) is 7.28. The average molecular weight is 289 g/mol. The van der Waals surface area contributed by atoms with Crippen LogP contribution in [0.15, 0.2) is 18.2 Å². The molecule has 3 nitrogen and oxygen atoms in total. The molecule has 0 amide bonds. The highest BCUT2D eigenvalue weighted by Gasteiger charge is 2.23. The van der Waals surface area contributed by atoms with E-state index in [1.165, 1.54) is 23.2 Å². The minimum Gasteiger partial charge on any atom is -0.368 e. The molecule has 1 atom stereocenters. The normalized spacial score (nSPS) is 20.3. The summed E-state index contributed by atoms with van der Waals surface area (Å²) in [5.41, 5.74) is 4.19. The molecule has 1 fully saturated rings. The fraction of sp³-hybridized carbons (Fsp3) is 0.667. The molecule has 2 rings (SSSR count). The maximum absolute atomic E-state index is 3.49. The Hall–Kier alpha value is -1.06. The lowest BCUT2D eigenvalue weighted by Gasteiger charge is -2.41. The van der Waals surface area contributed by atoms with E-state index in [1.807, 2.05) is 0 Å². The Morgan fingerprint density at radius 2 is 2.05 bits per heavy atom. The lowest BCUT2D eigenvalue weighted by Crippen LogP contribution is -2.51. The first-order valence-electron chi connectivity index (χ1n) is 8.29. The Kier molecular flexibility index (Phi) is 5.65. The highest BCUT2D eigenvalue weighted by Crippen LogP contribution is 2.24. The highest BCUT2D eigenvalue weighted by molar-refractivity contribution is 5.55. The quantitative estimate of drug-likeness (QED) is 0.899. The molecule has 1 aliphatic heterocycles. The predicted octanol–water partition coefficient (Wildman–Crippen LogP) is 3.02. The van der Waals surface area contributed by atoms with Crippen molar-refractivity contribution in [3.63, 3.8) is 0 Å². The van der Waals surface area contributed by atoms with Gasteiger partial charge in [-0.15, -0.1) is 0 Å². The lowest BCUT2D eigenvalue weighted by atomic mass is 10.1. The summed E-state index contributed by atoms with van der Waals surface area (Å²) >= 11 is 0. The van der Waals surface area contributed by atoms with Crippen LogP contribution < -0.4 is 10.2 Å². The van der Waals surface area contributed by atoms with Crippen LogP contribution in [0.4, 0.5) is 5.69 Å². The first-order chi connectivity index (χ1) is 10.0. The Morgan fingerprint density at radius 3 is 2.67 bits per heavy atom. The van der Waals surface area contributed by atoms with Gasteiger partial charge in [0, 0.05) is 44.0 Å². The molecule has 1 heterocycles. The van der Waals surface area contributed by atoms with Gasteiger partial charge < -0.3 is 10.2 Å². The molecule has 1 saturated heterocycles. The summed E-state index contributed by atoms with van der Waals surface area (Å²) in [6.07, 6.45) is 1.22. The van der Waals surface area contributed by atoms with Crippen molar-refractivity contribution in [2.24, 2.45) is 0 Å². The molecule has 0 spiro atoms. The molecule has 1 aliphatic rings. The van der Waals surface area contributed by atoms with Gasteiger partial charge in [-0.05, 0) is 37.6 Å². The number of piperazine rings is 1. The van der Waals surface area contributed by atoms with Crippen LogP contribution in [0, 0.1) is 6.92 Å². The smallest absolute Gasteiger partial charge is 0.0397 e. The number of rotatable bonds is 5. The van der Waals surface area contributed by atoms with E-state index in [1.54, 1.807) is 0 Å². The van der Waals surface area contributed by atoms with Crippen LogP contribution in [0.25, 0.3) is 0 Å². The zero-order valence-electron chi connectivity index (χ0n) is 14.3. The van der Waals surface area contributed by atoms with Crippen molar-refractivity contribution in [3.8, 4) is 0 Å². The van der Waals surface area contributed by atoms with E-state index in [9.17, 15) is 0 Å². The minimum atomic E-state index is 0.535. The topological polar surface area (TPSA) is 18.5 Å². The van der Waals surface area contributed by atoms with Gasteiger partial charge in [0.2, 0.25) is 0 Å². The van der Waals surface area contributed by atoms with Gasteiger partial charge in [-0.2, -0.15) is 0 Å². The molecule has 1 aromatic carbocycles. The van der Waals surface area contributed by atoms with Crippen molar-refractivity contribution in [1.82, 2.24) is 10.2 Å². The molecule has 0 saturated carbocycles. The Morgan fingerprint density at radius 1 is 1.29 bits per heavy atom. The Labute approximate surface area is 130 Å². The van der Waals surface area contributed by atoms with E-state index in [2.05, 4.69) is 68.1 Å². The van der Waals surface area contributed by atoms with Gasteiger partial charge in [0.25, 0.3) is 0 Å². The number of benzene rings is 1. The average Bonchev–Trinajstić information content (AvgIpc) is 2.46. The lowest BCUT2D eigenvalue weighted by molar-refractivity contribution is 0.213. The van der Waals surface area contributed by atoms with Crippen LogP contribution >= 0.6 is 0 Å². The van der Waals surface area contributed by atoms with Gasteiger partial charge in [0.05, 0.1) is 0 Å². The SMILES string of the molecule is CCC1CN(c2ccc(CNC(C)C)cc2C)CCN1C. The third kappa shape index (κ3) is 4.21. The second-order valence-corrected chi connectivity index (χ2v) is 6.65. The molecule has 3 heteroatoms. The zero-order valence-corrected chi connectivity index (χ0v) is 14.3. The van der Waals surface area contributed by atoms with Crippen LogP contribution in [0.2, 0.25) is 0 Å². The van der Waals surface area contributed by atoms with E-state index >= 15 is 0 Å². The van der Waals surface area contributed by atoms with E-state index in [4.69, 9.17) is 0 Å². The first kappa shape index (κ1) is 16.3. The van der Waals surface area contributed by atoms with Gasteiger partial charge >= 0.3 is 0 Å². The number of aryl methyl sites for hydroxylation is 1. The fourth-order valence-corrected chi connectivity index (χ4v) is 3.11. The number of nitrogens with one attached hydrogen (secondary N) is 1. The molecular weight excluding hydrogens is 258 g/mol. The minimum absolute atomic E-state index is 0.535. The monoisotopic (exact) mass is 289 g/mol. The van der Waals surface area contributed by atoms with Crippen molar-refractivity contribution in [2.45, 2.75) is 52.7 Å². The second-order valence-electron chi connectivity index (χ2n) is 6.65. The molecule has 1 aromatic rings. The molecule has 1 N–H and O–H groups in total. The van der Waals surface area contributed by atoms with Crippen LogP contribution in [0.3, 0.4) is 0 Å². The van der Waals surface area contributed by atoms with Crippen molar-refractivity contribution >= 4 is 5.69 Å². The van der Waals surface area contributed by atoms with Gasteiger partial charge in [-0.25, -0.2) is 0 Å². The standard InChI is InChI=1S/C18H31N3/c1-6-17-13-21(10-9-20(17)5)18-8-7-16(11-15(18)4)12-19-14(2)3/h7-8,11,14,17,19H,6,9-10,12-13H2,1-5H3. The number of hydrogen-bond donors (Lipinski definition) is 1. The van der Waals surface area contributed by atoms with Gasteiger partial charge in [0.1, 0.15) is 0 Å². The summed E-state index contributed by atoms with van der Waals surface area (Å²) in [6, 6.07) is 8.14. The molecule has 0 aromatic heterocycles. The van der Waals surface area contributed by atoms with E-state index in [-0.39, 0.29) is 0 Å². The molecule has 118 valence electrons. The fourth-order valence-electron chi connectivity index (χ4n) is 3.11. The van der Waals surface area contributed by atoms with Crippen molar-refractivity contribution in [1.29, 1.82) is 0 Å². The Balaban J connectivity index is 2.06. The molecule has 1 unspecified atom stereocenters. The Bertz CT molecular complexity index is 456. The van der Waals surface area contributed by atoms with Crippen LogP contribution in [0.5, 0.6) is 0 Å². The van der Waals surface area contributed by atoms with Gasteiger partial charge in [0.15, 0.2) is 0 Å². The molecule has 21 heavy (non-hydrogen) atoms. The summed E-state index contributed by atoms with van der Waals surface area (Å²) < 4.78 is 0. The van der Waals surface area contributed by atoms with Crippen molar-refractivity contribution in [2.75, 3.05) is 31.6 Å². The predicted molar refractivity (Wildman–Crippen MR) is 92.1 cm³/mol. The highest BCUT2D eigenvalue weighted by atomic mass is 15.3. The number of nitrogens with zero attached hydrogens (tertiary/aromatic N) is 2. The summed E-state index contributed by atoms with van der Waals surface area (Å²) in [5.74, 6) is 0. The maximum atomic E-state index is 3.49. The van der Waals surface area contributed by atoms with E-state index in [0.717, 1.165) is 26.2 Å². The zero-order chi connectivity index (χ0) is 15.4. The van der Waals surface area contributed by atoms with Crippen LogP contribution in [-0.4, -0.2) is 43.7 Å². The summed E-state index contributed by atoms with van der Waals surface area (Å²) in [7, 11) is 2.25. The van der Waals surface area contributed by atoms with Crippen LogP contribution in [-0.2, 0) is 6.54 Å². The summed E-state index contributed by atoms with van der Waals surface area (Å²) in [6.45, 7) is 13.3. The molecule has 0 bridgehead atoms. The number of likely N-dealkylation sites (N-methyl/N-ethyl adjacent to an activating group) is 1. The van der Waals surface area contributed by atoms with E-state index in [0.29, 0.717) is 12.1 Å². The van der Waals surface area contributed by atoms with Crippen LogP contribution in [0.1, 0.15) is 38.3 Å². The molecule has 0 aliphatic carbocycles. The van der Waals surface area contributed by atoms with Crippen molar-refractivity contribution in [3.05, 3.63) is 29.3 Å². The third-order valence-electron chi connectivity index (χ3n) is 4.56. The third-order valence-corrected chi connectivity index (χ3v) is 4.56. The largest absolute Gasteiger partial charge is 0.368 e. The molecular formula is C18H31N3. The molecule has 0 radical (unpaired) electrons. The summed E-state index contributed by atoms with van der Waals surface area (Å²) in [5, 5.41) is 3.49.